The fraction of sp³-hybridized carbons (Fsp3) is 0.524. The topological polar surface area (TPSA) is 84.0 Å². The highest BCUT2D eigenvalue weighted by atomic mass is 16.5. The van der Waals surface area contributed by atoms with Crippen LogP contribution < -0.4 is 0 Å². The Labute approximate surface area is 164 Å². The number of fused-ring (bicyclic) bond motifs is 1. The minimum absolute atomic E-state index is 0.285. The van der Waals surface area contributed by atoms with E-state index in [-0.39, 0.29) is 29.6 Å². The van der Waals surface area contributed by atoms with E-state index in [9.17, 15) is 19.2 Å². The molecule has 0 N–H and O–H groups in total. The molecule has 7 heteroatoms. The van der Waals surface area contributed by atoms with Gasteiger partial charge in [0.25, 0.3) is 5.91 Å². The average molecular weight is 386 g/mol. The fourth-order valence-electron chi connectivity index (χ4n) is 3.98. The molecular weight excluding hydrogens is 360 g/mol. The summed E-state index contributed by atoms with van der Waals surface area (Å²) in [6, 6.07) is 8.46. The molecule has 1 saturated heterocycles. The maximum absolute atomic E-state index is 12.6. The van der Waals surface area contributed by atoms with Gasteiger partial charge < -0.3 is 9.64 Å². The summed E-state index contributed by atoms with van der Waals surface area (Å²) in [5.74, 6) is -2.28. The summed E-state index contributed by atoms with van der Waals surface area (Å²) >= 11 is 0. The third-order valence-electron chi connectivity index (χ3n) is 5.63. The molecule has 0 radical (unpaired) electrons. The Morgan fingerprint density at radius 2 is 1.68 bits per heavy atom. The van der Waals surface area contributed by atoms with Crippen molar-refractivity contribution >= 4 is 23.7 Å². The highest BCUT2D eigenvalue weighted by Gasteiger charge is 2.51. The Balaban J connectivity index is 1.53. The smallest absolute Gasteiger partial charge is 0.329 e. The van der Waals surface area contributed by atoms with Crippen molar-refractivity contribution in [1.29, 1.82) is 0 Å². The van der Waals surface area contributed by atoms with E-state index in [1.807, 2.05) is 30.3 Å². The molecule has 1 aliphatic carbocycles. The highest BCUT2D eigenvalue weighted by molar-refractivity contribution is 6.07. The molecular formula is C21H26N2O5. The largest absolute Gasteiger partial charge is 0.454 e. The molecule has 150 valence electrons. The predicted octanol–water partition coefficient (Wildman–Crippen LogP) is 1.75. The first-order valence-corrected chi connectivity index (χ1v) is 9.71. The summed E-state index contributed by atoms with van der Waals surface area (Å²) in [4.78, 5) is 52.2. The van der Waals surface area contributed by atoms with Gasteiger partial charge in [-0.3, -0.25) is 19.3 Å². The Morgan fingerprint density at radius 3 is 2.25 bits per heavy atom. The number of hydrogen-bond donors (Lipinski definition) is 0. The van der Waals surface area contributed by atoms with Crippen molar-refractivity contribution in [3.05, 3.63) is 35.9 Å². The number of likely N-dealkylation sites (tertiary alicyclic amines) is 1. The Kier molecular flexibility index (Phi) is 6.11. The zero-order valence-corrected chi connectivity index (χ0v) is 16.3. The van der Waals surface area contributed by atoms with Crippen molar-refractivity contribution in [2.24, 2.45) is 11.8 Å². The highest BCUT2D eigenvalue weighted by Crippen LogP contribution is 2.38. The maximum Gasteiger partial charge on any atom is 0.329 e. The van der Waals surface area contributed by atoms with Crippen LogP contribution in [0.2, 0.25) is 0 Å². The monoisotopic (exact) mass is 386 g/mol. The first-order chi connectivity index (χ1) is 13.4. The van der Waals surface area contributed by atoms with Crippen molar-refractivity contribution in [2.75, 3.05) is 13.7 Å². The first kappa shape index (κ1) is 20.0. The molecule has 2 fully saturated rings. The van der Waals surface area contributed by atoms with E-state index in [4.69, 9.17) is 4.74 Å². The number of nitrogens with zero attached hydrogens (tertiary/aromatic N) is 2. The summed E-state index contributed by atoms with van der Waals surface area (Å²) in [7, 11) is 1.63. The maximum atomic E-state index is 12.6. The lowest BCUT2D eigenvalue weighted by Crippen LogP contribution is -2.45. The predicted molar refractivity (Wildman–Crippen MR) is 101 cm³/mol. The lowest BCUT2D eigenvalue weighted by molar-refractivity contribution is -0.161. The van der Waals surface area contributed by atoms with E-state index in [1.54, 1.807) is 7.05 Å². The number of imide groups is 1. The van der Waals surface area contributed by atoms with E-state index in [0.29, 0.717) is 19.4 Å². The molecule has 2 aliphatic rings. The van der Waals surface area contributed by atoms with E-state index in [2.05, 4.69) is 0 Å². The summed E-state index contributed by atoms with van der Waals surface area (Å²) in [5, 5.41) is 0. The third kappa shape index (κ3) is 4.08. The number of hydrogen-bond acceptors (Lipinski definition) is 5. The van der Waals surface area contributed by atoms with Gasteiger partial charge in [0, 0.05) is 13.6 Å². The van der Waals surface area contributed by atoms with Crippen LogP contribution in [0.25, 0.3) is 0 Å². The number of benzene rings is 1. The third-order valence-corrected chi connectivity index (χ3v) is 5.63. The molecule has 0 aromatic heterocycles. The van der Waals surface area contributed by atoms with Crippen LogP contribution in [0, 0.1) is 11.8 Å². The van der Waals surface area contributed by atoms with Gasteiger partial charge in [0.1, 0.15) is 6.04 Å². The molecule has 3 unspecified atom stereocenters. The average Bonchev–Trinajstić information content (AvgIpc) is 2.96. The van der Waals surface area contributed by atoms with Gasteiger partial charge in [-0.1, -0.05) is 43.2 Å². The van der Waals surface area contributed by atoms with Crippen LogP contribution in [0.1, 0.15) is 38.2 Å². The van der Waals surface area contributed by atoms with Gasteiger partial charge >= 0.3 is 5.97 Å². The van der Waals surface area contributed by atoms with Gasteiger partial charge in [0.15, 0.2) is 6.61 Å². The first-order valence-electron chi connectivity index (χ1n) is 9.71. The minimum Gasteiger partial charge on any atom is -0.454 e. The second kappa shape index (κ2) is 8.54. The van der Waals surface area contributed by atoms with Crippen molar-refractivity contribution in [1.82, 2.24) is 9.80 Å². The standard InChI is InChI=1S/C21H26N2O5/c1-14(23-19(25)16-10-6-7-11-17(16)20(23)26)21(27)28-13-18(24)22(2)12-15-8-4-3-5-9-15/h3-5,8-9,14,16-17H,6-7,10-13H2,1-2H3. The lowest BCUT2D eigenvalue weighted by Gasteiger charge is -2.22. The molecule has 1 aromatic rings. The number of rotatable bonds is 6. The van der Waals surface area contributed by atoms with Gasteiger partial charge in [-0.25, -0.2) is 4.79 Å². The van der Waals surface area contributed by atoms with Crippen molar-refractivity contribution in [2.45, 2.75) is 45.2 Å². The number of likely N-dealkylation sites (N-methyl/N-ethyl adjacent to an activating group) is 1. The molecule has 1 aliphatic heterocycles. The number of amides is 3. The number of carbonyl (C=O) groups is 4. The SMILES string of the molecule is CC(C(=O)OCC(=O)N(C)Cc1ccccc1)N1C(=O)C2CCCCC2C1=O. The lowest BCUT2D eigenvalue weighted by atomic mass is 9.81. The number of ether oxygens (including phenoxy) is 1. The van der Waals surface area contributed by atoms with Crippen LogP contribution in [0.5, 0.6) is 0 Å². The normalized spacial score (nSPS) is 22.6. The second-order valence-corrected chi connectivity index (χ2v) is 7.56. The summed E-state index contributed by atoms with van der Waals surface area (Å²) in [6.45, 7) is 1.46. The summed E-state index contributed by atoms with van der Waals surface area (Å²) in [5.41, 5.74) is 0.967. The van der Waals surface area contributed by atoms with Crippen LogP contribution in [0.3, 0.4) is 0 Å². The second-order valence-electron chi connectivity index (χ2n) is 7.56. The van der Waals surface area contributed by atoms with Crippen LogP contribution in [-0.2, 0) is 30.5 Å². The van der Waals surface area contributed by atoms with Gasteiger partial charge in [-0.15, -0.1) is 0 Å². The van der Waals surface area contributed by atoms with Gasteiger partial charge in [-0.2, -0.15) is 0 Å². The number of esters is 1. The molecule has 28 heavy (non-hydrogen) atoms. The van der Waals surface area contributed by atoms with Crippen LogP contribution in [0.4, 0.5) is 0 Å². The molecule has 0 spiro atoms. The molecule has 0 bridgehead atoms. The van der Waals surface area contributed by atoms with Gasteiger partial charge in [0.2, 0.25) is 11.8 Å². The molecule has 3 rings (SSSR count). The Morgan fingerprint density at radius 1 is 1.11 bits per heavy atom. The van der Waals surface area contributed by atoms with E-state index >= 15 is 0 Å². The Bertz CT molecular complexity index is 739. The molecule has 7 nitrogen and oxygen atoms in total. The van der Waals surface area contributed by atoms with Crippen LogP contribution >= 0.6 is 0 Å². The van der Waals surface area contributed by atoms with Crippen LogP contribution in [-0.4, -0.2) is 53.2 Å². The minimum atomic E-state index is -1.02. The summed E-state index contributed by atoms with van der Waals surface area (Å²) in [6.07, 6.45) is 3.23. The zero-order valence-electron chi connectivity index (χ0n) is 16.3. The van der Waals surface area contributed by atoms with Gasteiger partial charge in [0.05, 0.1) is 11.8 Å². The molecule has 3 amide bonds. The summed E-state index contributed by atoms with van der Waals surface area (Å²) < 4.78 is 5.11. The van der Waals surface area contributed by atoms with Crippen molar-refractivity contribution in [3.63, 3.8) is 0 Å². The molecule has 1 heterocycles. The van der Waals surface area contributed by atoms with Crippen molar-refractivity contribution < 1.29 is 23.9 Å². The van der Waals surface area contributed by atoms with Gasteiger partial charge in [-0.05, 0) is 25.3 Å². The van der Waals surface area contributed by atoms with Crippen molar-refractivity contribution in [3.8, 4) is 0 Å². The van der Waals surface area contributed by atoms with E-state index in [0.717, 1.165) is 23.3 Å². The van der Waals surface area contributed by atoms with E-state index in [1.165, 1.54) is 11.8 Å². The van der Waals surface area contributed by atoms with Crippen LogP contribution in [0.15, 0.2) is 30.3 Å². The molecule has 1 saturated carbocycles. The molecule has 1 aromatic carbocycles. The quantitative estimate of drug-likeness (QED) is 0.549. The zero-order chi connectivity index (χ0) is 20.3. The van der Waals surface area contributed by atoms with E-state index < -0.39 is 18.6 Å². The Hall–Kier alpha value is -2.70. The fourth-order valence-corrected chi connectivity index (χ4v) is 3.98. The molecule has 3 atom stereocenters. The number of carbonyl (C=O) groups excluding carboxylic acids is 4.